The van der Waals surface area contributed by atoms with Crippen molar-refractivity contribution in [3.05, 3.63) is 72.9 Å². The third-order valence-corrected chi connectivity index (χ3v) is 7.71. The average Bonchev–Trinajstić information content (AvgIpc) is 3.05. The second kappa shape index (κ2) is 34.4. The number of ether oxygens (including phenoxy) is 2. The highest BCUT2D eigenvalue weighted by Gasteiger charge is 2.22. The van der Waals surface area contributed by atoms with E-state index in [1.807, 2.05) is 0 Å². The number of phosphoric acid groups is 1. The maximum Gasteiger partial charge on any atom is 0.469 e. The molecule has 0 unspecified atom stereocenters. The normalized spacial score (nSPS) is 13.3. The molecule has 274 valence electrons. The monoisotopic (exact) mass is 692 g/mol. The number of phosphoric ester groups is 1. The molecule has 48 heavy (non-hydrogen) atoms. The molecule has 0 saturated heterocycles. The molecule has 0 aliphatic heterocycles. The maximum absolute atomic E-state index is 12.3. The molecule has 2 N–H and O–H groups in total. The highest BCUT2D eigenvalue weighted by Crippen LogP contribution is 2.35. The van der Waals surface area contributed by atoms with Gasteiger partial charge < -0.3 is 19.3 Å². The Morgan fingerprint density at radius 3 is 1.40 bits per heavy atom. The Kier molecular flexibility index (Phi) is 32.6. The van der Waals surface area contributed by atoms with E-state index >= 15 is 0 Å². The van der Waals surface area contributed by atoms with E-state index in [0.717, 1.165) is 103 Å². The van der Waals surface area contributed by atoms with Crippen LogP contribution in [0, 0.1) is 0 Å². The van der Waals surface area contributed by atoms with Gasteiger partial charge >= 0.3 is 19.8 Å². The van der Waals surface area contributed by atoms with Crippen molar-refractivity contribution >= 4 is 19.8 Å². The molecule has 0 fully saturated rings. The number of carbonyl (C=O) groups is 2. The molecule has 0 saturated carbocycles. The van der Waals surface area contributed by atoms with Crippen LogP contribution in [0.15, 0.2) is 72.9 Å². The van der Waals surface area contributed by atoms with Crippen LogP contribution < -0.4 is 0 Å². The Morgan fingerprint density at radius 1 is 0.542 bits per heavy atom. The Balaban J connectivity index is 4.06. The first kappa shape index (κ1) is 45.5. The van der Waals surface area contributed by atoms with E-state index in [1.165, 1.54) is 0 Å². The summed E-state index contributed by atoms with van der Waals surface area (Å²) in [6.07, 6.45) is 43.3. The lowest BCUT2D eigenvalue weighted by Crippen LogP contribution is -2.29. The average molecular weight is 693 g/mol. The van der Waals surface area contributed by atoms with Crippen molar-refractivity contribution in [1.29, 1.82) is 0 Å². The Labute approximate surface area is 291 Å². The minimum Gasteiger partial charge on any atom is -0.462 e. The third-order valence-electron chi connectivity index (χ3n) is 7.22. The second-order valence-electron chi connectivity index (χ2n) is 11.8. The fourth-order valence-corrected chi connectivity index (χ4v) is 4.94. The summed E-state index contributed by atoms with van der Waals surface area (Å²) >= 11 is 0. The van der Waals surface area contributed by atoms with Gasteiger partial charge in [0.05, 0.1) is 6.61 Å². The smallest absolute Gasteiger partial charge is 0.462 e. The van der Waals surface area contributed by atoms with Crippen molar-refractivity contribution < 1.29 is 37.9 Å². The van der Waals surface area contributed by atoms with Gasteiger partial charge in [-0.1, -0.05) is 125 Å². The van der Waals surface area contributed by atoms with Gasteiger partial charge in [0.1, 0.15) is 6.61 Å². The molecule has 9 heteroatoms. The van der Waals surface area contributed by atoms with Crippen molar-refractivity contribution in [3.63, 3.8) is 0 Å². The lowest BCUT2D eigenvalue weighted by molar-refractivity contribution is -0.161. The van der Waals surface area contributed by atoms with Crippen molar-refractivity contribution in [2.24, 2.45) is 0 Å². The Morgan fingerprint density at radius 2 is 0.938 bits per heavy atom. The van der Waals surface area contributed by atoms with E-state index in [9.17, 15) is 14.2 Å². The molecule has 0 radical (unpaired) electrons. The molecule has 0 bridgehead atoms. The minimum absolute atomic E-state index is 0.184. The summed E-state index contributed by atoms with van der Waals surface area (Å²) in [5.41, 5.74) is 0. The molecule has 0 aliphatic carbocycles. The first-order valence-corrected chi connectivity index (χ1v) is 19.8. The van der Waals surface area contributed by atoms with Gasteiger partial charge in [0.15, 0.2) is 6.10 Å². The molecule has 0 spiro atoms. The van der Waals surface area contributed by atoms with Gasteiger partial charge in [0, 0.05) is 12.8 Å². The summed E-state index contributed by atoms with van der Waals surface area (Å²) in [5, 5.41) is 0. The SMILES string of the molecule is CC/C=C\C/C=C\C/C=C\CCCCCCCC(=O)OC[C@H](COP(=O)(O)O)OC(=O)CCCCCCC/C=C\C/C=C\C/C=C\CC. The topological polar surface area (TPSA) is 119 Å². The second-order valence-corrected chi connectivity index (χ2v) is 13.0. The van der Waals surface area contributed by atoms with E-state index in [-0.39, 0.29) is 19.4 Å². The summed E-state index contributed by atoms with van der Waals surface area (Å²) in [4.78, 5) is 42.7. The zero-order valence-corrected chi connectivity index (χ0v) is 30.7. The van der Waals surface area contributed by atoms with Gasteiger partial charge in [-0.25, -0.2) is 4.57 Å². The first-order chi connectivity index (χ1) is 23.3. The molecular formula is C39H65O8P. The van der Waals surface area contributed by atoms with Gasteiger partial charge in [0.2, 0.25) is 0 Å². The Hall–Kier alpha value is -2.51. The van der Waals surface area contributed by atoms with Crippen molar-refractivity contribution in [1.82, 2.24) is 0 Å². The van der Waals surface area contributed by atoms with Crippen molar-refractivity contribution in [2.75, 3.05) is 13.2 Å². The molecule has 8 nitrogen and oxygen atoms in total. The molecule has 0 heterocycles. The quantitative estimate of drug-likeness (QED) is 0.0309. The minimum atomic E-state index is -4.76. The van der Waals surface area contributed by atoms with Crippen LogP contribution in [-0.4, -0.2) is 41.0 Å². The van der Waals surface area contributed by atoms with Crippen molar-refractivity contribution in [3.8, 4) is 0 Å². The Bertz CT molecular complexity index is 1010. The third kappa shape index (κ3) is 36.3. The first-order valence-electron chi connectivity index (χ1n) is 18.2. The fraction of sp³-hybridized carbons (Fsp3) is 0.641. The van der Waals surface area contributed by atoms with Crippen LogP contribution in [0.3, 0.4) is 0 Å². The standard InChI is InChI=1S/C39H65O8P/c1-3-5-7-9-11-13-15-17-19-21-23-25-27-29-31-33-38(40)45-35-37(36-46-48(42,43)44)47-39(41)34-32-30-28-26-24-22-20-18-16-14-12-10-8-6-4-2/h5-8,11-14,17-20,37H,3-4,9-10,15-16,21-36H2,1-2H3,(H2,42,43,44)/b7-5-,8-6-,13-11-,14-12-,19-17-,20-18-/t37-/m1/s1. The van der Waals surface area contributed by atoms with E-state index in [2.05, 4.69) is 91.3 Å². The predicted molar refractivity (Wildman–Crippen MR) is 197 cm³/mol. The van der Waals surface area contributed by atoms with Gasteiger partial charge in [-0.15, -0.1) is 0 Å². The predicted octanol–water partition coefficient (Wildman–Crippen LogP) is 10.7. The van der Waals surface area contributed by atoms with Gasteiger partial charge in [-0.3, -0.25) is 14.1 Å². The lowest BCUT2D eigenvalue weighted by Gasteiger charge is -2.18. The van der Waals surface area contributed by atoms with Crippen molar-refractivity contribution in [2.45, 2.75) is 148 Å². The van der Waals surface area contributed by atoms with Crippen LogP contribution in [-0.2, 0) is 28.2 Å². The molecule has 1 atom stereocenters. The van der Waals surface area contributed by atoms with E-state index < -0.39 is 32.5 Å². The number of esters is 2. The lowest BCUT2D eigenvalue weighted by atomic mass is 10.1. The van der Waals surface area contributed by atoms with Crippen LogP contribution in [0.25, 0.3) is 0 Å². The summed E-state index contributed by atoms with van der Waals surface area (Å²) in [5.74, 6) is -0.933. The number of hydrogen-bond acceptors (Lipinski definition) is 6. The van der Waals surface area contributed by atoms with Gasteiger partial charge in [0.25, 0.3) is 0 Å². The van der Waals surface area contributed by atoms with Crippen LogP contribution in [0.5, 0.6) is 0 Å². The van der Waals surface area contributed by atoms with Crippen LogP contribution in [0.1, 0.15) is 142 Å². The molecule has 0 aromatic heterocycles. The molecule has 0 aromatic carbocycles. The summed E-state index contributed by atoms with van der Waals surface area (Å²) < 4.78 is 26.3. The number of unbranched alkanes of at least 4 members (excludes halogenated alkanes) is 10. The van der Waals surface area contributed by atoms with E-state index in [4.69, 9.17) is 19.3 Å². The fourth-order valence-electron chi connectivity index (χ4n) is 4.58. The molecular weight excluding hydrogens is 627 g/mol. The highest BCUT2D eigenvalue weighted by molar-refractivity contribution is 7.46. The number of rotatable bonds is 32. The zero-order chi connectivity index (χ0) is 35.4. The summed E-state index contributed by atoms with van der Waals surface area (Å²) in [6.45, 7) is 3.41. The maximum atomic E-state index is 12.3. The van der Waals surface area contributed by atoms with Gasteiger partial charge in [-0.2, -0.15) is 0 Å². The molecule has 0 aliphatic rings. The zero-order valence-electron chi connectivity index (χ0n) is 29.9. The van der Waals surface area contributed by atoms with E-state index in [0.29, 0.717) is 12.8 Å². The molecule has 0 amide bonds. The molecule has 0 rings (SSSR count). The van der Waals surface area contributed by atoms with E-state index in [1.54, 1.807) is 0 Å². The number of hydrogen-bond donors (Lipinski definition) is 2. The van der Waals surface area contributed by atoms with Crippen LogP contribution >= 0.6 is 7.82 Å². The van der Waals surface area contributed by atoms with Gasteiger partial charge in [-0.05, 0) is 77.0 Å². The number of carbonyl (C=O) groups excluding carboxylic acids is 2. The largest absolute Gasteiger partial charge is 0.469 e. The number of allylic oxidation sites excluding steroid dienone is 12. The van der Waals surface area contributed by atoms with Crippen LogP contribution in [0.4, 0.5) is 0 Å². The highest BCUT2D eigenvalue weighted by atomic mass is 31.2. The summed E-state index contributed by atoms with van der Waals surface area (Å²) in [6, 6.07) is 0. The summed E-state index contributed by atoms with van der Waals surface area (Å²) in [7, 11) is -4.76. The van der Waals surface area contributed by atoms with Crippen LogP contribution in [0.2, 0.25) is 0 Å². The molecule has 0 aromatic rings.